The summed E-state index contributed by atoms with van der Waals surface area (Å²) in [5, 5.41) is 0.932. The van der Waals surface area contributed by atoms with E-state index in [4.69, 9.17) is 27.9 Å². The fourth-order valence-electron chi connectivity index (χ4n) is 1.82. The first-order valence-electron chi connectivity index (χ1n) is 6.22. The number of hydrogen-bond donors (Lipinski definition) is 0. The van der Waals surface area contributed by atoms with Crippen molar-refractivity contribution in [2.45, 2.75) is 19.4 Å². The molecule has 0 saturated heterocycles. The minimum Gasteiger partial charge on any atom is -0.481 e. The average Bonchev–Trinajstić information content (AvgIpc) is 2.42. The van der Waals surface area contributed by atoms with Crippen LogP contribution >= 0.6 is 23.2 Å². The van der Waals surface area contributed by atoms with E-state index in [1.54, 1.807) is 18.2 Å². The molecule has 0 amide bonds. The lowest BCUT2D eigenvalue weighted by molar-refractivity contribution is -0.123. The lowest BCUT2D eigenvalue weighted by Gasteiger charge is -2.17. The van der Waals surface area contributed by atoms with Gasteiger partial charge in [-0.1, -0.05) is 53.5 Å². The van der Waals surface area contributed by atoms with Crippen molar-refractivity contribution >= 4 is 29.0 Å². The Kier molecular flexibility index (Phi) is 5.05. The Bertz CT molecular complexity index is 597. The molecule has 0 aliphatic carbocycles. The Balaban J connectivity index is 2.15. The van der Waals surface area contributed by atoms with Gasteiger partial charge in [0, 0.05) is 11.4 Å². The molecule has 0 aromatic heterocycles. The minimum absolute atomic E-state index is 0.0418. The molecular weight excluding hydrogens is 295 g/mol. The molecule has 0 heterocycles. The van der Waals surface area contributed by atoms with Gasteiger partial charge < -0.3 is 4.74 Å². The lowest BCUT2D eigenvalue weighted by atomic mass is 10.1. The summed E-state index contributed by atoms with van der Waals surface area (Å²) in [6.07, 6.45) is -0.0501. The van der Waals surface area contributed by atoms with Gasteiger partial charge in [0.1, 0.15) is 5.75 Å². The monoisotopic (exact) mass is 308 g/mol. The molecule has 0 fully saturated rings. The number of rotatable bonds is 5. The molecule has 4 heteroatoms. The molecule has 0 aliphatic rings. The Hall–Kier alpha value is -1.51. The Morgan fingerprint density at radius 3 is 2.45 bits per heavy atom. The Morgan fingerprint density at radius 1 is 1.15 bits per heavy atom. The molecular formula is C16H14Cl2O2. The number of carbonyl (C=O) groups excluding carboxylic acids is 1. The summed E-state index contributed by atoms with van der Waals surface area (Å²) in [5.41, 5.74) is 1.04. The zero-order chi connectivity index (χ0) is 14.5. The highest BCUT2D eigenvalue weighted by molar-refractivity contribution is 6.35. The zero-order valence-electron chi connectivity index (χ0n) is 11.0. The van der Waals surface area contributed by atoms with Crippen LogP contribution in [0.1, 0.15) is 12.5 Å². The van der Waals surface area contributed by atoms with E-state index in [2.05, 4.69) is 0 Å². The van der Waals surface area contributed by atoms with Crippen molar-refractivity contribution in [3.63, 3.8) is 0 Å². The summed E-state index contributed by atoms with van der Waals surface area (Å²) < 4.78 is 5.73. The number of carbonyl (C=O) groups is 1. The van der Waals surface area contributed by atoms with Gasteiger partial charge in [-0.15, -0.1) is 0 Å². The van der Waals surface area contributed by atoms with Gasteiger partial charge in [0.25, 0.3) is 0 Å². The second kappa shape index (κ2) is 6.78. The Morgan fingerprint density at radius 2 is 1.85 bits per heavy atom. The van der Waals surface area contributed by atoms with Crippen molar-refractivity contribution in [3.8, 4) is 5.75 Å². The second-order valence-electron chi connectivity index (χ2n) is 4.48. The third-order valence-corrected chi connectivity index (χ3v) is 3.41. The van der Waals surface area contributed by atoms with Gasteiger partial charge in [0.15, 0.2) is 11.9 Å². The van der Waals surface area contributed by atoms with Crippen molar-refractivity contribution in [3.05, 3.63) is 64.1 Å². The van der Waals surface area contributed by atoms with E-state index in [9.17, 15) is 4.79 Å². The van der Waals surface area contributed by atoms with Gasteiger partial charge in [-0.25, -0.2) is 0 Å². The van der Waals surface area contributed by atoms with Crippen LogP contribution in [-0.4, -0.2) is 11.9 Å². The highest BCUT2D eigenvalue weighted by Crippen LogP contribution is 2.28. The van der Waals surface area contributed by atoms with Crippen LogP contribution in [0.2, 0.25) is 10.0 Å². The molecule has 20 heavy (non-hydrogen) atoms. The first-order chi connectivity index (χ1) is 9.56. The summed E-state index contributed by atoms with van der Waals surface area (Å²) in [5.74, 6) is 0.423. The first kappa shape index (κ1) is 14.9. The third kappa shape index (κ3) is 3.99. The summed E-state index contributed by atoms with van der Waals surface area (Å²) in [4.78, 5) is 11.7. The first-order valence-corrected chi connectivity index (χ1v) is 6.98. The summed E-state index contributed by atoms with van der Waals surface area (Å²) in [6, 6.07) is 14.7. The number of ether oxygens (including phenoxy) is 1. The van der Waals surface area contributed by atoms with E-state index >= 15 is 0 Å². The molecule has 1 unspecified atom stereocenters. The van der Waals surface area contributed by atoms with Crippen molar-refractivity contribution in [2.75, 3.05) is 0 Å². The topological polar surface area (TPSA) is 26.3 Å². The molecule has 0 saturated carbocycles. The molecule has 0 aliphatic heterocycles. The largest absolute Gasteiger partial charge is 0.481 e. The standard InChI is InChI=1S/C16H14Cl2O2/c1-11(19)16(9-12-5-3-2-4-6-12)20-15-8-7-13(17)10-14(15)18/h2-8,10,16H,9H2,1H3. The molecule has 2 aromatic carbocycles. The number of benzene rings is 2. The van der Waals surface area contributed by atoms with Crippen LogP contribution in [0.3, 0.4) is 0 Å². The van der Waals surface area contributed by atoms with Crippen LogP contribution in [0.4, 0.5) is 0 Å². The highest BCUT2D eigenvalue weighted by Gasteiger charge is 2.18. The average molecular weight is 309 g/mol. The number of halogens is 2. The van der Waals surface area contributed by atoms with Crippen molar-refractivity contribution in [1.29, 1.82) is 0 Å². The smallest absolute Gasteiger partial charge is 0.170 e. The predicted molar refractivity (Wildman–Crippen MR) is 81.7 cm³/mol. The van der Waals surface area contributed by atoms with E-state index in [1.807, 2.05) is 30.3 Å². The van der Waals surface area contributed by atoms with E-state index in [1.165, 1.54) is 6.92 Å². The predicted octanol–water partition coefficient (Wildman–Crippen LogP) is 4.57. The highest BCUT2D eigenvalue weighted by atomic mass is 35.5. The maximum Gasteiger partial charge on any atom is 0.170 e. The van der Waals surface area contributed by atoms with E-state index < -0.39 is 6.10 Å². The summed E-state index contributed by atoms with van der Waals surface area (Å²) >= 11 is 11.9. The van der Waals surface area contributed by atoms with Gasteiger partial charge in [-0.05, 0) is 30.7 Å². The fraction of sp³-hybridized carbons (Fsp3) is 0.188. The van der Waals surface area contributed by atoms with Gasteiger partial charge in [-0.2, -0.15) is 0 Å². The van der Waals surface area contributed by atoms with Crippen LogP contribution in [0.25, 0.3) is 0 Å². The van der Waals surface area contributed by atoms with Gasteiger partial charge in [0.05, 0.1) is 5.02 Å². The maximum atomic E-state index is 11.7. The van der Waals surface area contributed by atoms with Gasteiger partial charge in [-0.3, -0.25) is 4.79 Å². The van der Waals surface area contributed by atoms with Crippen molar-refractivity contribution in [2.24, 2.45) is 0 Å². The van der Waals surface area contributed by atoms with E-state index in [-0.39, 0.29) is 5.78 Å². The molecule has 0 bridgehead atoms. The normalized spacial score (nSPS) is 11.9. The fourth-order valence-corrected chi connectivity index (χ4v) is 2.27. The molecule has 1 atom stereocenters. The molecule has 0 N–H and O–H groups in total. The molecule has 0 spiro atoms. The van der Waals surface area contributed by atoms with Gasteiger partial charge in [0.2, 0.25) is 0 Å². The maximum absolute atomic E-state index is 11.7. The summed E-state index contributed by atoms with van der Waals surface area (Å²) in [7, 11) is 0. The zero-order valence-corrected chi connectivity index (χ0v) is 12.5. The van der Waals surface area contributed by atoms with Crippen LogP contribution in [0, 0.1) is 0 Å². The number of hydrogen-bond acceptors (Lipinski definition) is 2. The molecule has 2 rings (SSSR count). The molecule has 0 radical (unpaired) electrons. The minimum atomic E-state index is -0.559. The van der Waals surface area contributed by atoms with E-state index in [0.717, 1.165) is 5.56 Å². The van der Waals surface area contributed by atoms with Crippen LogP contribution in [-0.2, 0) is 11.2 Å². The van der Waals surface area contributed by atoms with Crippen LogP contribution in [0.5, 0.6) is 5.75 Å². The quantitative estimate of drug-likeness (QED) is 0.808. The lowest BCUT2D eigenvalue weighted by Crippen LogP contribution is -2.27. The van der Waals surface area contributed by atoms with Crippen molar-refractivity contribution < 1.29 is 9.53 Å². The molecule has 2 nitrogen and oxygen atoms in total. The van der Waals surface area contributed by atoms with E-state index in [0.29, 0.717) is 22.2 Å². The second-order valence-corrected chi connectivity index (χ2v) is 5.33. The van der Waals surface area contributed by atoms with Crippen LogP contribution < -0.4 is 4.74 Å². The number of Topliss-reactive ketones (excluding diaryl/α,β-unsaturated/α-hetero) is 1. The Labute approximate surface area is 128 Å². The van der Waals surface area contributed by atoms with Crippen molar-refractivity contribution in [1.82, 2.24) is 0 Å². The third-order valence-electron chi connectivity index (χ3n) is 2.88. The van der Waals surface area contributed by atoms with Crippen LogP contribution in [0.15, 0.2) is 48.5 Å². The number of ketones is 1. The van der Waals surface area contributed by atoms with Gasteiger partial charge >= 0.3 is 0 Å². The summed E-state index contributed by atoms with van der Waals surface area (Å²) in [6.45, 7) is 1.51. The molecule has 104 valence electrons. The SMILES string of the molecule is CC(=O)C(Cc1ccccc1)Oc1ccc(Cl)cc1Cl. The molecule has 2 aromatic rings.